The van der Waals surface area contributed by atoms with Gasteiger partial charge in [-0.15, -0.1) is 0 Å². The minimum atomic E-state index is -0.0725. The first kappa shape index (κ1) is 21.8. The zero-order chi connectivity index (χ0) is 20.6. The lowest BCUT2D eigenvalue weighted by atomic mass is 9.95. The van der Waals surface area contributed by atoms with Gasteiger partial charge in [0.1, 0.15) is 0 Å². The number of hydrogen-bond donors (Lipinski definition) is 1. The SMILES string of the molecule is COCCCNC(=O)[C@H](C1CCCC1)N1CCN(C(=O)c2ccc(C)cc2)CC1. The third kappa shape index (κ3) is 5.80. The van der Waals surface area contributed by atoms with Crippen molar-refractivity contribution in [2.24, 2.45) is 5.92 Å². The van der Waals surface area contributed by atoms with Gasteiger partial charge < -0.3 is 15.0 Å². The molecule has 1 aromatic carbocycles. The minimum Gasteiger partial charge on any atom is -0.385 e. The summed E-state index contributed by atoms with van der Waals surface area (Å²) in [5.74, 6) is 0.661. The molecule has 1 aliphatic carbocycles. The van der Waals surface area contributed by atoms with Gasteiger partial charge in [-0.2, -0.15) is 0 Å². The Labute approximate surface area is 174 Å². The molecule has 1 atom stereocenters. The highest BCUT2D eigenvalue weighted by molar-refractivity contribution is 5.94. The van der Waals surface area contributed by atoms with Gasteiger partial charge >= 0.3 is 0 Å². The summed E-state index contributed by atoms with van der Waals surface area (Å²) >= 11 is 0. The Morgan fingerprint density at radius 2 is 1.76 bits per heavy atom. The van der Waals surface area contributed by atoms with Crippen LogP contribution in [0.1, 0.15) is 48.0 Å². The van der Waals surface area contributed by atoms with Crippen LogP contribution in [0.2, 0.25) is 0 Å². The number of nitrogens with one attached hydrogen (secondary N) is 1. The van der Waals surface area contributed by atoms with E-state index < -0.39 is 0 Å². The van der Waals surface area contributed by atoms with Crippen molar-refractivity contribution in [1.29, 1.82) is 0 Å². The van der Waals surface area contributed by atoms with Crippen molar-refractivity contribution in [3.63, 3.8) is 0 Å². The van der Waals surface area contributed by atoms with Crippen molar-refractivity contribution in [3.8, 4) is 0 Å². The first-order valence-corrected chi connectivity index (χ1v) is 11.0. The van der Waals surface area contributed by atoms with E-state index in [1.165, 1.54) is 12.8 Å². The Morgan fingerprint density at radius 1 is 1.10 bits per heavy atom. The lowest BCUT2D eigenvalue weighted by Crippen LogP contribution is -2.58. The number of hydrogen-bond acceptors (Lipinski definition) is 4. The van der Waals surface area contributed by atoms with Crippen LogP contribution in [0.5, 0.6) is 0 Å². The fourth-order valence-corrected chi connectivity index (χ4v) is 4.57. The third-order valence-corrected chi connectivity index (χ3v) is 6.23. The van der Waals surface area contributed by atoms with Crippen LogP contribution in [0, 0.1) is 12.8 Å². The van der Waals surface area contributed by atoms with E-state index in [2.05, 4.69) is 10.2 Å². The molecule has 3 rings (SSSR count). The summed E-state index contributed by atoms with van der Waals surface area (Å²) in [5.41, 5.74) is 1.90. The number of benzene rings is 1. The highest BCUT2D eigenvalue weighted by atomic mass is 16.5. The molecule has 0 aromatic heterocycles. The average molecular weight is 402 g/mol. The van der Waals surface area contributed by atoms with Crippen molar-refractivity contribution in [2.45, 2.75) is 45.1 Å². The number of amides is 2. The molecule has 0 radical (unpaired) electrons. The molecule has 2 fully saturated rings. The molecule has 0 unspecified atom stereocenters. The predicted octanol–water partition coefficient (Wildman–Crippen LogP) is 2.46. The van der Waals surface area contributed by atoms with Crippen molar-refractivity contribution < 1.29 is 14.3 Å². The van der Waals surface area contributed by atoms with E-state index in [4.69, 9.17) is 4.74 Å². The number of carbonyl (C=O) groups is 2. The number of ether oxygens (including phenoxy) is 1. The number of piperazine rings is 1. The van der Waals surface area contributed by atoms with Crippen LogP contribution < -0.4 is 5.32 Å². The minimum absolute atomic E-state index is 0.0725. The molecule has 1 aliphatic heterocycles. The van der Waals surface area contributed by atoms with Gasteiger partial charge in [0.25, 0.3) is 5.91 Å². The summed E-state index contributed by atoms with van der Waals surface area (Å²) in [7, 11) is 1.68. The van der Waals surface area contributed by atoms with E-state index in [9.17, 15) is 9.59 Å². The molecule has 6 heteroatoms. The quantitative estimate of drug-likeness (QED) is 0.680. The number of nitrogens with zero attached hydrogens (tertiary/aromatic N) is 2. The van der Waals surface area contributed by atoms with Crippen molar-refractivity contribution in [1.82, 2.24) is 15.1 Å². The highest BCUT2D eigenvalue weighted by Gasteiger charge is 2.37. The number of rotatable bonds is 8. The summed E-state index contributed by atoms with van der Waals surface area (Å²) < 4.78 is 5.08. The molecular formula is C23H35N3O3. The van der Waals surface area contributed by atoms with E-state index in [0.717, 1.165) is 43.5 Å². The maximum Gasteiger partial charge on any atom is 0.253 e. The van der Waals surface area contributed by atoms with Crippen molar-refractivity contribution in [2.75, 3.05) is 46.4 Å². The van der Waals surface area contributed by atoms with Gasteiger partial charge in [0.05, 0.1) is 6.04 Å². The molecule has 6 nitrogen and oxygen atoms in total. The van der Waals surface area contributed by atoms with E-state index in [1.807, 2.05) is 36.1 Å². The smallest absolute Gasteiger partial charge is 0.253 e. The summed E-state index contributed by atoms with van der Waals surface area (Å²) in [6, 6.07) is 7.69. The van der Waals surface area contributed by atoms with E-state index in [-0.39, 0.29) is 17.9 Å². The number of carbonyl (C=O) groups excluding carboxylic acids is 2. The van der Waals surface area contributed by atoms with Crippen LogP contribution in [0.4, 0.5) is 0 Å². The fraction of sp³-hybridized carbons (Fsp3) is 0.652. The summed E-state index contributed by atoms with van der Waals surface area (Å²) in [5, 5.41) is 3.12. The van der Waals surface area contributed by atoms with E-state index in [1.54, 1.807) is 7.11 Å². The first-order chi connectivity index (χ1) is 14.1. The zero-order valence-corrected chi connectivity index (χ0v) is 17.9. The second-order valence-electron chi connectivity index (χ2n) is 8.32. The molecule has 1 N–H and O–H groups in total. The average Bonchev–Trinajstić information content (AvgIpc) is 3.26. The van der Waals surface area contributed by atoms with E-state index >= 15 is 0 Å². The second-order valence-corrected chi connectivity index (χ2v) is 8.32. The van der Waals surface area contributed by atoms with Crippen LogP contribution in [0.25, 0.3) is 0 Å². The summed E-state index contributed by atoms with van der Waals surface area (Å²) in [4.78, 5) is 30.0. The summed E-state index contributed by atoms with van der Waals surface area (Å²) in [6.07, 6.45) is 5.50. The van der Waals surface area contributed by atoms with Gasteiger partial charge in [-0.3, -0.25) is 14.5 Å². The summed E-state index contributed by atoms with van der Waals surface area (Å²) in [6.45, 7) is 6.20. The van der Waals surface area contributed by atoms with Crippen molar-refractivity contribution >= 4 is 11.8 Å². The Hall–Kier alpha value is -1.92. The molecule has 1 saturated heterocycles. The van der Waals surface area contributed by atoms with Gasteiger partial charge in [-0.05, 0) is 44.2 Å². The van der Waals surface area contributed by atoms with Gasteiger partial charge in [-0.25, -0.2) is 0 Å². The topological polar surface area (TPSA) is 61.9 Å². The molecule has 29 heavy (non-hydrogen) atoms. The normalized spacial score (nSPS) is 19.3. The Balaban J connectivity index is 1.58. The number of aryl methyl sites for hydroxylation is 1. The predicted molar refractivity (Wildman–Crippen MR) is 114 cm³/mol. The van der Waals surface area contributed by atoms with Gasteiger partial charge in [0, 0.05) is 52.0 Å². The van der Waals surface area contributed by atoms with Crippen LogP contribution >= 0.6 is 0 Å². The molecule has 1 heterocycles. The van der Waals surface area contributed by atoms with Crippen LogP contribution in [0.15, 0.2) is 24.3 Å². The highest BCUT2D eigenvalue weighted by Crippen LogP contribution is 2.31. The number of methoxy groups -OCH3 is 1. The molecule has 0 bridgehead atoms. The standard InChI is InChI=1S/C23H35N3O3/c1-18-8-10-20(11-9-18)23(28)26-15-13-25(14-16-26)21(19-6-3-4-7-19)22(27)24-12-5-17-29-2/h8-11,19,21H,3-7,12-17H2,1-2H3,(H,24,27)/t21-/m0/s1. The molecule has 2 aliphatic rings. The maximum atomic E-state index is 13.0. The Bertz CT molecular complexity index is 662. The Kier molecular flexibility index (Phi) is 8.07. The van der Waals surface area contributed by atoms with Gasteiger partial charge in [0.15, 0.2) is 0 Å². The lowest BCUT2D eigenvalue weighted by molar-refractivity contribution is -0.129. The fourth-order valence-electron chi connectivity index (χ4n) is 4.57. The van der Waals surface area contributed by atoms with Crippen LogP contribution in [-0.2, 0) is 9.53 Å². The van der Waals surface area contributed by atoms with Crippen LogP contribution in [0.3, 0.4) is 0 Å². The zero-order valence-electron chi connectivity index (χ0n) is 17.9. The first-order valence-electron chi connectivity index (χ1n) is 11.0. The van der Waals surface area contributed by atoms with Gasteiger partial charge in [0.2, 0.25) is 5.91 Å². The second kappa shape index (κ2) is 10.7. The third-order valence-electron chi connectivity index (χ3n) is 6.23. The molecule has 1 aromatic rings. The largest absolute Gasteiger partial charge is 0.385 e. The van der Waals surface area contributed by atoms with Crippen LogP contribution in [-0.4, -0.2) is 74.1 Å². The van der Waals surface area contributed by atoms with Gasteiger partial charge in [-0.1, -0.05) is 30.5 Å². The van der Waals surface area contributed by atoms with E-state index in [0.29, 0.717) is 32.2 Å². The monoisotopic (exact) mass is 401 g/mol. The molecular weight excluding hydrogens is 366 g/mol. The van der Waals surface area contributed by atoms with Crippen molar-refractivity contribution in [3.05, 3.63) is 35.4 Å². The molecule has 2 amide bonds. The molecule has 1 saturated carbocycles. The molecule has 160 valence electrons. The molecule has 0 spiro atoms. The lowest BCUT2D eigenvalue weighted by Gasteiger charge is -2.40. The maximum absolute atomic E-state index is 13.0. The Morgan fingerprint density at radius 3 is 2.38 bits per heavy atom.